The van der Waals surface area contributed by atoms with Gasteiger partial charge >= 0.3 is 0 Å². The minimum atomic E-state index is -0.647. The average molecular weight is 366 g/mol. The Kier molecular flexibility index (Phi) is 6.65. The average Bonchev–Trinajstić information content (AvgIpc) is 2.57. The van der Waals surface area contributed by atoms with Gasteiger partial charge < -0.3 is 14.8 Å². The lowest BCUT2D eigenvalue weighted by Crippen LogP contribution is -2.38. The molecule has 0 bridgehead atoms. The molecule has 0 heterocycles. The van der Waals surface area contributed by atoms with Gasteiger partial charge in [-0.2, -0.15) is 0 Å². The first-order valence-electron chi connectivity index (χ1n) is 7.96. The van der Waals surface area contributed by atoms with Crippen molar-refractivity contribution in [2.75, 3.05) is 13.2 Å². The van der Waals surface area contributed by atoms with Gasteiger partial charge in [-0.25, -0.2) is 4.39 Å². The van der Waals surface area contributed by atoms with Crippen molar-refractivity contribution in [1.29, 1.82) is 0 Å². The van der Waals surface area contributed by atoms with Gasteiger partial charge in [0.05, 0.1) is 6.54 Å². The molecule has 25 heavy (non-hydrogen) atoms. The molecule has 0 aliphatic heterocycles. The van der Waals surface area contributed by atoms with E-state index in [9.17, 15) is 9.18 Å². The zero-order valence-corrected chi connectivity index (χ0v) is 15.2. The van der Waals surface area contributed by atoms with E-state index in [4.69, 9.17) is 21.1 Å². The second-order valence-electron chi connectivity index (χ2n) is 5.72. The summed E-state index contributed by atoms with van der Waals surface area (Å²) in [6.45, 7) is 6.06. The van der Waals surface area contributed by atoms with Gasteiger partial charge in [-0.15, -0.1) is 0 Å². The van der Waals surface area contributed by atoms with E-state index < -0.39 is 6.10 Å². The van der Waals surface area contributed by atoms with E-state index in [0.717, 1.165) is 11.1 Å². The molecule has 4 nitrogen and oxygen atoms in total. The molecule has 0 aromatic heterocycles. The summed E-state index contributed by atoms with van der Waals surface area (Å²) in [6.07, 6.45) is -0.647. The quantitative estimate of drug-likeness (QED) is 0.753. The number of carbonyl (C=O) groups excluding carboxylic acids is 1. The topological polar surface area (TPSA) is 47.6 Å². The minimum absolute atomic E-state index is 0.243. The number of halogens is 2. The van der Waals surface area contributed by atoms with E-state index in [2.05, 4.69) is 5.32 Å². The molecule has 0 radical (unpaired) electrons. The maximum Gasteiger partial charge on any atom is 0.260 e. The summed E-state index contributed by atoms with van der Waals surface area (Å²) >= 11 is 6.12. The first kappa shape index (κ1) is 19.1. The molecule has 0 unspecified atom stereocenters. The van der Waals surface area contributed by atoms with Gasteiger partial charge in [0.1, 0.15) is 23.9 Å². The summed E-state index contributed by atoms with van der Waals surface area (Å²) in [4.78, 5) is 12.1. The van der Waals surface area contributed by atoms with Crippen LogP contribution in [0.2, 0.25) is 5.02 Å². The number of benzene rings is 2. The Morgan fingerprint density at radius 2 is 1.76 bits per heavy atom. The molecule has 0 saturated carbocycles. The van der Waals surface area contributed by atoms with Crippen LogP contribution in [0, 0.1) is 19.7 Å². The van der Waals surface area contributed by atoms with Crippen LogP contribution < -0.4 is 14.8 Å². The molecule has 2 aromatic rings. The molecule has 1 atom stereocenters. The Bertz CT molecular complexity index is 711. The fourth-order valence-electron chi connectivity index (χ4n) is 2.25. The fraction of sp³-hybridized carbons (Fsp3) is 0.316. The number of ether oxygens (including phenoxy) is 2. The number of hydrogen-bond donors (Lipinski definition) is 1. The second kappa shape index (κ2) is 8.72. The third-order valence-electron chi connectivity index (χ3n) is 3.58. The molecular formula is C19H21ClFNO3. The largest absolute Gasteiger partial charge is 0.492 e. The molecule has 0 aliphatic rings. The summed E-state index contributed by atoms with van der Waals surface area (Å²) in [7, 11) is 0. The normalized spacial score (nSPS) is 11.7. The van der Waals surface area contributed by atoms with Gasteiger partial charge in [-0.1, -0.05) is 11.6 Å². The van der Waals surface area contributed by atoms with Crippen molar-refractivity contribution in [2.45, 2.75) is 26.9 Å². The van der Waals surface area contributed by atoms with Crippen molar-refractivity contribution in [2.24, 2.45) is 0 Å². The standard InChI is InChI=1S/C19H21ClFNO3/c1-12-10-17(11-13(2)18(12)20)25-14(3)19(23)22-8-9-24-16-6-4-15(21)5-7-16/h4-7,10-11,14H,8-9H2,1-3H3,(H,22,23)/t14-/m1/s1. The van der Waals surface area contributed by atoms with Crippen LogP contribution in [-0.2, 0) is 4.79 Å². The Labute approximate surface area is 151 Å². The van der Waals surface area contributed by atoms with Gasteiger partial charge in [0.25, 0.3) is 5.91 Å². The third kappa shape index (κ3) is 5.64. The van der Waals surface area contributed by atoms with Gasteiger partial charge in [0.15, 0.2) is 6.10 Å². The Morgan fingerprint density at radius 1 is 1.16 bits per heavy atom. The highest BCUT2D eigenvalue weighted by Gasteiger charge is 2.15. The van der Waals surface area contributed by atoms with Gasteiger partial charge in [-0.05, 0) is 68.3 Å². The summed E-state index contributed by atoms with van der Waals surface area (Å²) in [5, 5.41) is 3.43. The maximum atomic E-state index is 12.8. The van der Waals surface area contributed by atoms with E-state index in [1.165, 1.54) is 24.3 Å². The summed E-state index contributed by atoms with van der Waals surface area (Å²) in [5.74, 6) is 0.587. The van der Waals surface area contributed by atoms with Crippen molar-refractivity contribution in [3.8, 4) is 11.5 Å². The van der Waals surface area contributed by atoms with Crippen molar-refractivity contribution in [3.63, 3.8) is 0 Å². The molecule has 0 spiro atoms. The maximum absolute atomic E-state index is 12.8. The molecule has 2 rings (SSSR count). The van der Waals surface area contributed by atoms with E-state index in [-0.39, 0.29) is 18.3 Å². The van der Waals surface area contributed by atoms with Crippen molar-refractivity contribution < 1.29 is 18.7 Å². The van der Waals surface area contributed by atoms with Crippen LogP contribution in [-0.4, -0.2) is 25.2 Å². The highest BCUT2D eigenvalue weighted by Crippen LogP contribution is 2.26. The van der Waals surface area contributed by atoms with Crippen molar-refractivity contribution in [1.82, 2.24) is 5.32 Å². The zero-order chi connectivity index (χ0) is 18.4. The van der Waals surface area contributed by atoms with Crippen molar-refractivity contribution >= 4 is 17.5 Å². The molecule has 0 aliphatic carbocycles. The molecule has 0 fully saturated rings. The molecule has 6 heteroatoms. The summed E-state index contributed by atoms with van der Waals surface area (Å²) in [5.41, 5.74) is 1.80. The summed E-state index contributed by atoms with van der Waals surface area (Å²) < 4.78 is 23.9. The summed E-state index contributed by atoms with van der Waals surface area (Å²) in [6, 6.07) is 9.32. The number of aryl methyl sites for hydroxylation is 2. The van der Waals surface area contributed by atoms with Crippen LogP contribution in [0.5, 0.6) is 11.5 Å². The van der Waals surface area contributed by atoms with Gasteiger partial charge in [0.2, 0.25) is 0 Å². The molecular weight excluding hydrogens is 345 g/mol. The number of carbonyl (C=O) groups is 1. The highest BCUT2D eigenvalue weighted by molar-refractivity contribution is 6.32. The van der Waals surface area contributed by atoms with E-state index in [0.29, 0.717) is 23.1 Å². The predicted molar refractivity (Wildman–Crippen MR) is 95.9 cm³/mol. The van der Waals surface area contributed by atoms with Crippen LogP contribution in [0.3, 0.4) is 0 Å². The molecule has 2 aromatic carbocycles. The first-order chi connectivity index (χ1) is 11.9. The Balaban J connectivity index is 1.77. The lowest BCUT2D eigenvalue weighted by atomic mass is 10.1. The van der Waals surface area contributed by atoms with Crippen molar-refractivity contribution in [3.05, 3.63) is 58.4 Å². The minimum Gasteiger partial charge on any atom is -0.492 e. The number of rotatable bonds is 7. The van der Waals surface area contributed by atoms with Gasteiger partial charge in [-0.3, -0.25) is 4.79 Å². The van der Waals surface area contributed by atoms with Gasteiger partial charge in [0, 0.05) is 5.02 Å². The van der Waals surface area contributed by atoms with E-state index >= 15 is 0 Å². The molecule has 1 N–H and O–H groups in total. The lowest BCUT2D eigenvalue weighted by Gasteiger charge is -2.16. The van der Waals surface area contributed by atoms with Crippen LogP contribution in [0.25, 0.3) is 0 Å². The first-order valence-corrected chi connectivity index (χ1v) is 8.34. The third-order valence-corrected chi connectivity index (χ3v) is 4.17. The highest BCUT2D eigenvalue weighted by atomic mass is 35.5. The second-order valence-corrected chi connectivity index (χ2v) is 6.10. The van der Waals surface area contributed by atoms with Crippen LogP contribution in [0.15, 0.2) is 36.4 Å². The Morgan fingerprint density at radius 3 is 2.36 bits per heavy atom. The zero-order valence-electron chi connectivity index (χ0n) is 14.4. The molecule has 0 saturated heterocycles. The van der Waals surface area contributed by atoms with E-state index in [1.54, 1.807) is 19.1 Å². The molecule has 134 valence electrons. The number of amides is 1. The fourth-order valence-corrected chi connectivity index (χ4v) is 2.36. The lowest BCUT2D eigenvalue weighted by molar-refractivity contribution is -0.127. The smallest absolute Gasteiger partial charge is 0.260 e. The SMILES string of the molecule is Cc1cc(O[C@H](C)C(=O)NCCOc2ccc(F)cc2)cc(C)c1Cl. The van der Waals surface area contributed by atoms with Crippen LogP contribution in [0.4, 0.5) is 4.39 Å². The number of nitrogens with one attached hydrogen (secondary N) is 1. The predicted octanol–water partition coefficient (Wildman–Crippen LogP) is 4.06. The number of hydrogen-bond acceptors (Lipinski definition) is 3. The Hall–Kier alpha value is -2.27. The van der Waals surface area contributed by atoms with E-state index in [1.807, 2.05) is 13.8 Å². The monoisotopic (exact) mass is 365 g/mol. The molecule has 1 amide bonds. The van der Waals surface area contributed by atoms with Crippen LogP contribution >= 0.6 is 11.6 Å². The van der Waals surface area contributed by atoms with Crippen LogP contribution in [0.1, 0.15) is 18.1 Å².